The summed E-state index contributed by atoms with van der Waals surface area (Å²) in [6, 6.07) is 7.90. The number of aryl methyl sites for hydroxylation is 1. The highest BCUT2D eigenvalue weighted by molar-refractivity contribution is 5.74. The Balaban J connectivity index is 2.64. The van der Waals surface area contributed by atoms with Crippen molar-refractivity contribution in [2.24, 2.45) is 5.92 Å². The van der Waals surface area contributed by atoms with Gasteiger partial charge in [0.15, 0.2) is 0 Å². The SMILES string of the molecule is Cc1ccccc1C(NC(=O)NCCC(C)O)C(C)C. The lowest BCUT2D eigenvalue weighted by Crippen LogP contribution is -2.40. The largest absolute Gasteiger partial charge is 0.393 e. The number of hydrogen-bond donors (Lipinski definition) is 3. The van der Waals surface area contributed by atoms with Gasteiger partial charge in [0.1, 0.15) is 0 Å². The first-order valence-electron chi connectivity index (χ1n) is 7.19. The number of carbonyl (C=O) groups is 1. The van der Waals surface area contributed by atoms with Crippen LogP contribution >= 0.6 is 0 Å². The minimum absolute atomic E-state index is 0.0113. The Hall–Kier alpha value is -1.55. The van der Waals surface area contributed by atoms with E-state index in [1.807, 2.05) is 12.1 Å². The Labute approximate surface area is 121 Å². The first-order valence-corrected chi connectivity index (χ1v) is 7.19. The Kier molecular flexibility index (Phi) is 6.52. The molecule has 2 unspecified atom stereocenters. The molecule has 4 heteroatoms. The van der Waals surface area contributed by atoms with Gasteiger partial charge in [-0.2, -0.15) is 0 Å². The van der Waals surface area contributed by atoms with Crippen molar-refractivity contribution < 1.29 is 9.90 Å². The highest BCUT2D eigenvalue weighted by atomic mass is 16.3. The standard InChI is InChI=1S/C16H26N2O2/c1-11(2)15(14-8-6-5-7-12(14)3)18-16(20)17-10-9-13(4)19/h5-8,11,13,15,19H,9-10H2,1-4H3,(H2,17,18,20). The zero-order valence-electron chi connectivity index (χ0n) is 12.8. The molecule has 0 fully saturated rings. The number of rotatable bonds is 6. The highest BCUT2D eigenvalue weighted by Crippen LogP contribution is 2.24. The maximum atomic E-state index is 11.9. The molecular formula is C16H26N2O2. The fourth-order valence-corrected chi connectivity index (χ4v) is 2.13. The van der Waals surface area contributed by atoms with E-state index >= 15 is 0 Å². The van der Waals surface area contributed by atoms with Gasteiger partial charge < -0.3 is 15.7 Å². The molecule has 20 heavy (non-hydrogen) atoms. The maximum absolute atomic E-state index is 11.9. The molecule has 0 spiro atoms. The van der Waals surface area contributed by atoms with Crippen LogP contribution in [0.1, 0.15) is 44.4 Å². The van der Waals surface area contributed by atoms with Crippen LogP contribution in [0.5, 0.6) is 0 Å². The molecule has 0 saturated heterocycles. The summed E-state index contributed by atoms with van der Waals surface area (Å²) < 4.78 is 0. The zero-order valence-corrected chi connectivity index (χ0v) is 12.8. The van der Waals surface area contributed by atoms with Gasteiger partial charge in [-0.15, -0.1) is 0 Å². The van der Waals surface area contributed by atoms with Crippen LogP contribution in [0.15, 0.2) is 24.3 Å². The van der Waals surface area contributed by atoms with E-state index in [-0.39, 0.29) is 12.1 Å². The van der Waals surface area contributed by atoms with Crippen LogP contribution in [0.3, 0.4) is 0 Å². The van der Waals surface area contributed by atoms with Crippen LogP contribution in [0.25, 0.3) is 0 Å². The van der Waals surface area contributed by atoms with E-state index in [0.717, 1.165) is 5.56 Å². The van der Waals surface area contributed by atoms with E-state index in [1.165, 1.54) is 5.56 Å². The monoisotopic (exact) mass is 278 g/mol. The molecule has 112 valence electrons. The Morgan fingerprint density at radius 3 is 2.45 bits per heavy atom. The van der Waals surface area contributed by atoms with Gasteiger partial charge >= 0.3 is 6.03 Å². The number of aliphatic hydroxyl groups is 1. The number of amides is 2. The Morgan fingerprint density at radius 1 is 1.25 bits per heavy atom. The molecule has 2 amide bonds. The lowest BCUT2D eigenvalue weighted by molar-refractivity contribution is 0.183. The second-order valence-corrected chi connectivity index (χ2v) is 5.62. The summed E-state index contributed by atoms with van der Waals surface area (Å²) >= 11 is 0. The highest BCUT2D eigenvalue weighted by Gasteiger charge is 2.19. The number of nitrogens with one attached hydrogen (secondary N) is 2. The quantitative estimate of drug-likeness (QED) is 0.749. The van der Waals surface area contributed by atoms with Gasteiger partial charge in [-0.25, -0.2) is 4.79 Å². The van der Waals surface area contributed by atoms with Crippen LogP contribution in [0.2, 0.25) is 0 Å². The first-order chi connectivity index (χ1) is 9.41. The third kappa shape index (κ3) is 5.21. The van der Waals surface area contributed by atoms with Crippen LogP contribution in [-0.2, 0) is 0 Å². The predicted octanol–water partition coefficient (Wildman–Crippen LogP) is 2.76. The minimum atomic E-state index is -0.396. The van der Waals surface area contributed by atoms with Crippen molar-refractivity contribution >= 4 is 6.03 Å². The second kappa shape index (κ2) is 7.90. The van der Waals surface area contributed by atoms with Crippen molar-refractivity contribution in [1.29, 1.82) is 0 Å². The molecule has 0 bridgehead atoms. The number of hydrogen-bond acceptors (Lipinski definition) is 2. The van der Waals surface area contributed by atoms with E-state index in [2.05, 4.69) is 43.5 Å². The molecule has 0 heterocycles. The van der Waals surface area contributed by atoms with E-state index < -0.39 is 6.10 Å². The summed E-state index contributed by atoms with van der Waals surface area (Å²) in [5.74, 6) is 0.304. The van der Waals surface area contributed by atoms with Crippen molar-refractivity contribution in [2.45, 2.75) is 46.3 Å². The van der Waals surface area contributed by atoms with Crippen molar-refractivity contribution in [3.63, 3.8) is 0 Å². The molecule has 0 saturated carbocycles. The van der Waals surface area contributed by atoms with E-state index in [0.29, 0.717) is 18.9 Å². The fourth-order valence-electron chi connectivity index (χ4n) is 2.13. The second-order valence-electron chi connectivity index (χ2n) is 5.62. The number of urea groups is 1. The maximum Gasteiger partial charge on any atom is 0.315 e. The van der Waals surface area contributed by atoms with E-state index in [1.54, 1.807) is 6.92 Å². The van der Waals surface area contributed by atoms with Gasteiger partial charge in [-0.3, -0.25) is 0 Å². The molecule has 0 aliphatic rings. The van der Waals surface area contributed by atoms with Crippen LogP contribution < -0.4 is 10.6 Å². The summed E-state index contributed by atoms with van der Waals surface area (Å²) in [7, 11) is 0. The smallest absolute Gasteiger partial charge is 0.315 e. The topological polar surface area (TPSA) is 61.4 Å². The van der Waals surface area contributed by atoms with Crippen LogP contribution in [0.4, 0.5) is 4.79 Å². The molecule has 1 rings (SSSR count). The lowest BCUT2D eigenvalue weighted by Gasteiger charge is -2.24. The number of benzene rings is 1. The Morgan fingerprint density at radius 2 is 1.90 bits per heavy atom. The van der Waals surface area contributed by atoms with Gasteiger partial charge in [-0.1, -0.05) is 38.1 Å². The number of aliphatic hydroxyl groups excluding tert-OH is 1. The zero-order chi connectivity index (χ0) is 15.1. The summed E-state index contributed by atoms with van der Waals surface area (Å²) in [6.07, 6.45) is 0.164. The molecule has 0 aromatic heterocycles. The van der Waals surface area contributed by atoms with Gasteiger partial charge in [0.05, 0.1) is 12.1 Å². The summed E-state index contributed by atoms with van der Waals surface area (Å²) in [5, 5.41) is 15.0. The molecule has 0 aliphatic carbocycles. The lowest BCUT2D eigenvalue weighted by atomic mass is 9.93. The van der Waals surface area contributed by atoms with Crippen molar-refractivity contribution in [2.75, 3.05) is 6.54 Å². The molecule has 0 radical (unpaired) electrons. The normalized spacial score (nSPS) is 13.9. The minimum Gasteiger partial charge on any atom is -0.393 e. The van der Waals surface area contributed by atoms with E-state index in [9.17, 15) is 9.90 Å². The third-order valence-corrected chi connectivity index (χ3v) is 3.32. The van der Waals surface area contributed by atoms with Gasteiger partial charge in [0.25, 0.3) is 0 Å². The summed E-state index contributed by atoms with van der Waals surface area (Å²) in [4.78, 5) is 11.9. The Bertz CT molecular complexity index is 430. The van der Waals surface area contributed by atoms with Crippen LogP contribution in [-0.4, -0.2) is 23.8 Å². The fraction of sp³-hybridized carbons (Fsp3) is 0.562. The van der Waals surface area contributed by atoms with Crippen LogP contribution in [0, 0.1) is 12.8 Å². The number of carbonyl (C=O) groups excluding carboxylic acids is 1. The molecule has 2 atom stereocenters. The predicted molar refractivity (Wildman–Crippen MR) is 81.6 cm³/mol. The average Bonchev–Trinajstić information content (AvgIpc) is 2.36. The molecule has 4 nitrogen and oxygen atoms in total. The third-order valence-electron chi connectivity index (χ3n) is 3.32. The van der Waals surface area contributed by atoms with Crippen molar-refractivity contribution in [1.82, 2.24) is 10.6 Å². The average molecular weight is 278 g/mol. The molecule has 0 aliphatic heterocycles. The van der Waals surface area contributed by atoms with Gasteiger partial charge in [0.2, 0.25) is 0 Å². The van der Waals surface area contributed by atoms with Crippen molar-refractivity contribution in [3.05, 3.63) is 35.4 Å². The molecular weight excluding hydrogens is 252 g/mol. The van der Waals surface area contributed by atoms with E-state index in [4.69, 9.17) is 0 Å². The summed E-state index contributed by atoms with van der Waals surface area (Å²) in [5.41, 5.74) is 2.32. The molecule has 1 aromatic rings. The van der Waals surface area contributed by atoms with Gasteiger partial charge in [0, 0.05) is 6.54 Å². The molecule has 1 aromatic carbocycles. The first kappa shape index (κ1) is 16.5. The van der Waals surface area contributed by atoms with Crippen molar-refractivity contribution in [3.8, 4) is 0 Å². The van der Waals surface area contributed by atoms with Gasteiger partial charge in [-0.05, 0) is 37.3 Å². The summed E-state index contributed by atoms with van der Waals surface area (Å²) in [6.45, 7) is 8.42. The molecule has 3 N–H and O–H groups in total.